The maximum atomic E-state index is 12.7. The van der Waals surface area contributed by atoms with Crippen molar-refractivity contribution in [1.29, 1.82) is 0 Å². The summed E-state index contributed by atoms with van der Waals surface area (Å²) in [6.45, 7) is 5.86. The zero-order chi connectivity index (χ0) is 14.0. The molecular weight excluding hydrogens is 264 g/mol. The fourth-order valence-electron chi connectivity index (χ4n) is 2.77. The van der Waals surface area contributed by atoms with E-state index in [9.17, 15) is 8.42 Å². The smallest absolute Gasteiger partial charge is 0.260 e. The normalized spacial score (nSPS) is 25.6. The molecule has 0 aliphatic carbocycles. The van der Waals surface area contributed by atoms with Crippen LogP contribution in [0.15, 0.2) is 11.2 Å². The summed E-state index contributed by atoms with van der Waals surface area (Å²) in [5.74, 6) is 0.795. The van der Waals surface area contributed by atoms with Crippen LogP contribution in [-0.2, 0) is 16.6 Å². The molecular formula is C12H22N4O2S. The summed E-state index contributed by atoms with van der Waals surface area (Å²) in [4.78, 5) is 0. The van der Waals surface area contributed by atoms with Crippen molar-refractivity contribution in [2.75, 3.05) is 20.1 Å². The number of piperidine rings is 1. The molecule has 0 amide bonds. The van der Waals surface area contributed by atoms with Crippen molar-refractivity contribution in [3.63, 3.8) is 0 Å². The zero-order valence-electron chi connectivity index (χ0n) is 11.7. The van der Waals surface area contributed by atoms with Gasteiger partial charge in [0.25, 0.3) is 10.0 Å². The topological polar surface area (TPSA) is 78.1 Å². The Morgan fingerprint density at radius 3 is 2.63 bits per heavy atom. The minimum atomic E-state index is -3.46. The minimum Gasteiger partial charge on any atom is -0.316 e. The molecule has 7 heteroatoms. The molecule has 2 rings (SSSR count). The Labute approximate surface area is 114 Å². The van der Waals surface area contributed by atoms with E-state index in [0.29, 0.717) is 37.0 Å². The number of hydrogen-bond acceptors (Lipinski definition) is 4. The Hall–Kier alpha value is -0.920. The molecule has 0 bridgehead atoms. The van der Waals surface area contributed by atoms with E-state index >= 15 is 0 Å². The van der Waals surface area contributed by atoms with E-state index in [0.717, 1.165) is 6.42 Å². The lowest BCUT2D eigenvalue weighted by molar-refractivity contribution is 0.222. The van der Waals surface area contributed by atoms with Gasteiger partial charge in [0.1, 0.15) is 0 Å². The fourth-order valence-corrected chi connectivity index (χ4v) is 4.55. The van der Waals surface area contributed by atoms with E-state index in [4.69, 9.17) is 0 Å². The first kappa shape index (κ1) is 14.5. The van der Waals surface area contributed by atoms with Crippen molar-refractivity contribution in [2.24, 2.45) is 11.8 Å². The summed E-state index contributed by atoms with van der Waals surface area (Å²) in [5.41, 5.74) is 0.688. The summed E-state index contributed by atoms with van der Waals surface area (Å²) in [7, 11) is -1.68. The molecule has 0 saturated carbocycles. The van der Waals surface area contributed by atoms with E-state index < -0.39 is 10.0 Å². The number of aromatic amines is 1. The first-order valence-corrected chi connectivity index (χ1v) is 8.06. The van der Waals surface area contributed by atoms with Gasteiger partial charge < -0.3 is 5.32 Å². The van der Waals surface area contributed by atoms with Crippen LogP contribution in [0.2, 0.25) is 0 Å². The van der Waals surface area contributed by atoms with Crippen LogP contribution in [0.3, 0.4) is 0 Å². The summed E-state index contributed by atoms with van der Waals surface area (Å²) in [5, 5.41) is 9.69. The van der Waals surface area contributed by atoms with Crippen LogP contribution in [0.1, 0.15) is 25.8 Å². The molecule has 1 fully saturated rings. The van der Waals surface area contributed by atoms with E-state index in [1.165, 1.54) is 0 Å². The minimum absolute atomic E-state index is 0.225. The Kier molecular flexibility index (Phi) is 4.27. The summed E-state index contributed by atoms with van der Waals surface area (Å²) in [6, 6.07) is 0. The van der Waals surface area contributed by atoms with Crippen molar-refractivity contribution in [3.8, 4) is 0 Å². The predicted molar refractivity (Wildman–Crippen MR) is 73.1 cm³/mol. The molecule has 2 atom stereocenters. The second-order valence-electron chi connectivity index (χ2n) is 5.52. The van der Waals surface area contributed by atoms with Gasteiger partial charge in [0, 0.05) is 25.2 Å². The molecule has 0 spiro atoms. The van der Waals surface area contributed by atoms with E-state index in [-0.39, 0.29) is 5.03 Å². The van der Waals surface area contributed by atoms with Gasteiger partial charge >= 0.3 is 0 Å². The van der Waals surface area contributed by atoms with Crippen LogP contribution < -0.4 is 5.32 Å². The summed E-state index contributed by atoms with van der Waals surface area (Å²) in [6.07, 6.45) is 2.65. The maximum Gasteiger partial charge on any atom is 0.260 e. The van der Waals surface area contributed by atoms with Crippen LogP contribution in [0.4, 0.5) is 0 Å². The van der Waals surface area contributed by atoms with Gasteiger partial charge in [0.05, 0.1) is 6.20 Å². The van der Waals surface area contributed by atoms with Gasteiger partial charge in [-0.3, -0.25) is 5.10 Å². The monoisotopic (exact) mass is 286 g/mol. The summed E-state index contributed by atoms with van der Waals surface area (Å²) < 4.78 is 26.9. The number of aromatic nitrogens is 2. The highest BCUT2D eigenvalue weighted by atomic mass is 32.2. The Morgan fingerprint density at radius 2 is 2.05 bits per heavy atom. The molecule has 2 N–H and O–H groups in total. The van der Waals surface area contributed by atoms with Crippen LogP contribution in [-0.4, -0.2) is 43.1 Å². The first-order chi connectivity index (χ1) is 8.95. The highest BCUT2D eigenvalue weighted by Gasteiger charge is 2.33. The highest BCUT2D eigenvalue weighted by Crippen LogP contribution is 2.27. The van der Waals surface area contributed by atoms with Gasteiger partial charge in [-0.25, -0.2) is 8.42 Å². The highest BCUT2D eigenvalue weighted by molar-refractivity contribution is 7.89. The maximum absolute atomic E-state index is 12.7. The van der Waals surface area contributed by atoms with Crippen LogP contribution >= 0.6 is 0 Å². The van der Waals surface area contributed by atoms with Crippen molar-refractivity contribution >= 4 is 10.0 Å². The lowest BCUT2D eigenvalue weighted by Crippen LogP contribution is -2.42. The zero-order valence-corrected chi connectivity index (χ0v) is 12.5. The van der Waals surface area contributed by atoms with Gasteiger partial charge in [-0.05, 0) is 25.3 Å². The fraction of sp³-hybridized carbons (Fsp3) is 0.750. The van der Waals surface area contributed by atoms with E-state index in [1.807, 2.05) is 0 Å². The quantitative estimate of drug-likeness (QED) is 0.858. The molecule has 1 aliphatic heterocycles. The van der Waals surface area contributed by atoms with Crippen molar-refractivity contribution in [3.05, 3.63) is 11.8 Å². The molecule has 0 radical (unpaired) electrons. The van der Waals surface area contributed by atoms with Crippen LogP contribution in [0.25, 0.3) is 0 Å². The van der Waals surface area contributed by atoms with E-state index in [1.54, 1.807) is 17.5 Å². The van der Waals surface area contributed by atoms with Crippen molar-refractivity contribution in [2.45, 2.75) is 31.8 Å². The second kappa shape index (κ2) is 5.60. The first-order valence-electron chi connectivity index (χ1n) is 6.62. The Balaban J connectivity index is 2.28. The average Bonchev–Trinajstić information content (AvgIpc) is 2.77. The molecule has 6 nitrogen and oxygen atoms in total. The van der Waals surface area contributed by atoms with Gasteiger partial charge in [-0.2, -0.15) is 9.40 Å². The molecule has 108 valence electrons. The van der Waals surface area contributed by atoms with Gasteiger partial charge in [-0.15, -0.1) is 0 Å². The Morgan fingerprint density at radius 1 is 1.42 bits per heavy atom. The molecule has 2 heterocycles. The lowest BCUT2D eigenvalue weighted by atomic mass is 9.94. The number of hydrogen-bond donors (Lipinski definition) is 2. The number of sulfonamides is 1. The third-order valence-electron chi connectivity index (χ3n) is 3.48. The van der Waals surface area contributed by atoms with Gasteiger partial charge in [0.2, 0.25) is 0 Å². The molecule has 1 aliphatic rings. The second-order valence-corrected chi connectivity index (χ2v) is 7.40. The third-order valence-corrected chi connectivity index (χ3v) is 5.33. The number of nitrogens with zero attached hydrogens (tertiary/aromatic N) is 2. The predicted octanol–water partition coefficient (Wildman–Crippen LogP) is 0.796. The Bertz CT molecular complexity index is 516. The summed E-state index contributed by atoms with van der Waals surface area (Å²) >= 11 is 0. The van der Waals surface area contributed by atoms with Crippen molar-refractivity contribution in [1.82, 2.24) is 19.8 Å². The molecule has 1 saturated heterocycles. The molecule has 19 heavy (non-hydrogen) atoms. The average molecular weight is 286 g/mol. The lowest BCUT2D eigenvalue weighted by Gasteiger charge is -2.33. The molecule has 1 aromatic rings. The SMILES string of the molecule is CNCc1cn[nH]c1S(=O)(=O)N1CC(C)CC(C)C1. The molecule has 0 aromatic carbocycles. The van der Waals surface area contributed by atoms with Crippen LogP contribution in [0, 0.1) is 11.8 Å². The van der Waals surface area contributed by atoms with E-state index in [2.05, 4.69) is 29.4 Å². The molecule has 1 aromatic heterocycles. The third kappa shape index (κ3) is 2.98. The largest absolute Gasteiger partial charge is 0.316 e. The van der Waals surface area contributed by atoms with Crippen molar-refractivity contribution < 1.29 is 8.42 Å². The van der Waals surface area contributed by atoms with Gasteiger partial charge in [-0.1, -0.05) is 13.8 Å². The molecule has 2 unspecified atom stereocenters. The number of rotatable bonds is 4. The number of nitrogens with one attached hydrogen (secondary N) is 2. The standard InChI is InChI=1S/C12H22N4O2S/c1-9-4-10(2)8-16(7-9)19(17,18)12-11(5-13-3)6-14-15-12/h6,9-10,13H,4-5,7-8H2,1-3H3,(H,14,15). The number of H-pyrrole nitrogens is 1. The van der Waals surface area contributed by atoms with Crippen LogP contribution in [0.5, 0.6) is 0 Å². The van der Waals surface area contributed by atoms with Gasteiger partial charge in [0.15, 0.2) is 5.03 Å².